The van der Waals surface area contributed by atoms with Gasteiger partial charge in [0.05, 0.1) is 4.34 Å². The molecule has 26 heavy (non-hydrogen) atoms. The number of thiophene rings is 1. The third-order valence-electron chi connectivity index (χ3n) is 4.26. The van der Waals surface area contributed by atoms with Gasteiger partial charge in [0.2, 0.25) is 0 Å². The van der Waals surface area contributed by atoms with Crippen LogP contribution in [0.3, 0.4) is 0 Å². The minimum Gasteiger partial charge on any atom is -0.123 e. The second kappa shape index (κ2) is 7.74. The van der Waals surface area contributed by atoms with Gasteiger partial charge >= 0.3 is 0 Å². The molecule has 2 heteroatoms. The molecule has 126 valence electrons. The van der Waals surface area contributed by atoms with Gasteiger partial charge in [-0.1, -0.05) is 103 Å². The Morgan fingerprint density at radius 1 is 0.500 bits per heavy atom. The van der Waals surface area contributed by atoms with Gasteiger partial charge in [-0.15, -0.1) is 11.3 Å². The van der Waals surface area contributed by atoms with Crippen LogP contribution in [0.15, 0.2) is 103 Å². The monoisotopic (exact) mass is 372 g/mol. The highest BCUT2D eigenvalue weighted by Gasteiger charge is 2.17. The summed E-state index contributed by atoms with van der Waals surface area (Å²) in [6, 6.07) is 35.7. The van der Waals surface area contributed by atoms with Crippen molar-refractivity contribution in [2.45, 2.75) is 0 Å². The van der Waals surface area contributed by atoms with E-state index in [1.165, 1.54) is 32.7 Å². The molecule has 0 nitrogen and oxygen atoms in total. The Bertz CT molecular complexity index is 974. The molecule has 0 saturated carbocycles. The van der Waals surface area contributed by atoms with E-state index in [4.69, 9.17) is 11.6 Å². The van der Waals surface area contributed by atoms with Gasteiger partial charge in [0.15, 0.2) is 0 Å². The van der Waals surface area contributed by atoms with Crippen molar-refractivity contribution in [3.63, 3.8) is 0 Å². The van der Waals surface area contributed by atoms with Gasteiger partial charge in [0.25, 0.3) is 0 Å². The Kier molecular flexibility index (Phi) is 5.01. The lowest BCUT2D eigenvalue weighted by molar-refractivity contribution is 1.53. The molecule has 0 aliphatic heterocycles. The summed E-state index contributed by atoms with van der Waals surface area (Å²) in [6.07, 6.45) is 0. The van der Waals surface area contributed by atoms with Crippen LogP contribution in [0.25, 0.3) is 11.1 Å². The zero-order valence-electron chi connectivity index (χ0n) is 14.1. The Balaban J connectivity index is 2.08. The third-order valence-corrected chi connectivity index (χ3v) is 5.51. The zero-order chi connectivity index (χ0) is 17.8. The molecule has 4 aromatic rings. The van der Waals surface area contributed by atoms with Gasteiger partial charge in [-0.25, -0.2) is 0 Å². The molecule has 4 rings (SSSR count). The van der Waals surface area contributed by atoms with Crippen LogP contribution in [0.2, 0.25) is 4.34 Å². The van der Waals surface area contributed by atoms with Crippen molar-refractivity contribution < 1.29 is 0 Å². The van der Waals surface area contributed by atoms with Gasteiger partial charge in [0, 0.05) is 10.5 Å². The quantitative estimate of drug-likeness (QED) is 0.327. The molecule has 1 aromatic heterocycles. The van der Waals surface area contributed by atoms with Crippen molar-refractivity contribution >= 4 is 34.1 Å². The molecular weight excluding hydrogens is 356 g/mol. The molecule has 0 saturated heterocycles. The zero-order valence-corrected chi connectivity index (χ0v) is 15.7. The number of hydrogen-bond acceptors (Lipinski definition) is 1. The van der Waals surface area contributed by atoms with Crippen molar-refractivity contribution in [1.29, 1.82) is 0 Å². The summed E-state index contributed by atoms with van der Waals surface area (Å²) in [6.45, 7) is 0. The maximum atomic E-state index is 6.28. The fourth-order valence-electron chi connectivity index (χ4n) is 3.13. The molecule has 0 bridgehead atoms. The minimum atomic E-state index is 0.800. The lowest BCUT2D eigenvalue weighted by atomic mass is 9.89. The molecule has 0 N–H and O–H groups in total. The first-order valence-corrected chi connectivity index (χ1v) is 9.68. The predicted molar refractivity (Wildman–Crippen MR) is 114 cm³/mol. The average molecular weight is 373 g/mol. The van der Waals surface area contributed by atoms with Crippen LogP contribution in [0, 0.1) is 0 Å². The fourth-order valence-corrected chi connectivity index (χ4v) is 4.24. The summed E-state index contributed by atoms with van der Waals surface area (Å²) in [5.41, 5.74) is 6.01. The Labute approximate surface area is 163 Å². The van der Waals surface area contributed by atoms with Crippen LogP contribution in [0.4, 0.5) is 0 Å². The second-order valence-corrected chi connectivity index (χ2v) is 7.67. The van der Waals surface area contributed by atoms with Crippen molar-refractivity contribution in [2.75, 3.05) is 0 Å². The van der Waals surface area contributed by atoms with E-state index in [0.717, 1.165) is 4.34 Å². The molecule has 0 spiro atoms. The molecule has 0 fully saturated rings. The molecule has 0 radical (unpaired) electrons. The van der Waals surface area contributed by atoms with E-state index in [0.29, 0.717) is 0 Å². The molecule has 1 heterocycles. The number of hydrogen-bond donors (Lipinski definition) is 0. The normalized spacial score (nSPS) is 10.5. The van der Waals surface area contributed by atoms with Crippen molar-refractivity contribution in [2.24, 2.45) is 0 Å². The highest BCUT2D eigenvalue weighted by Crippen LogP contribution is 2.40. The number of halogens is 1. The number of rotatable bonds is 4. The Hall–Kier alpha value is -2.61. The van der Waals surface area contributed by atoms with Gasteiger partial charge in [-0.3, -0.25) is 0 Å². The summed E-state index contributed by atoms with van der Waals surface area (Å²) in [5, 5.41) is 0. The van der Waals surface area contributed by atoms with E-state index >= 15 is 0 Å². The topological polar surface area (TPSA) is 0 Å². The fraction of sp³-hybridized carbons (Fsp3) is 0. The third kappa shape index (κ3) is 3.50. The standard InChI is InChI=1S/C24H17ClS/c25-22-17-16-21(26-22)24(20-14-8-3-9-15-20)23(18-10-4-1-5-11-18)19-12-6-2-7-13-19/h1-17H. The smallest absolute Gasteiger partial charge is 0.0934 e. The summed E-state index contributed by atoms with van der Waals surface area (Å²) in [5.74, 6) is 0. The molecule has 0 aliphatic rings. The SMILES string of the molecule is Clc1ccc(C(=C(c2ccccc2)c2ccccc2)c2ccccc2)s1. The van der Waals surface area contributed by atoms with E-state index in [2.05, 4.69) is 91.0 Å². The van der Waals surface area contributed by atoms with Crippen LogP contribution in [0.5, 0.6) is 0 Å². The lowest BCUT2D eigenvalue weighted by Gasteiger charge is -2.16. The summed E-state index contributed by atoms with van der Waals surface area (Å²) in [4.78, 5) is 1.17. The van der Waals surface area contributed by atoms with Gasteiger partial charge in [-0.05, 0) is 34.4 Å². The highest BCUT2D eigenvalue weighted by molar-refractivity contribution is 7.17. The van der Waals surface area contributed by atoms with E-state index in [1.807, 2.05) is 12.1 Å². The first-order valence-electron chi connectivity index (χ1n) is 8.49. The van der Waals surface area contributed by atoms with Crippen LogP contribution in [-0.4, -0.2) is 0 Å². The van der Waals surface area contributed by atoms with Crippen LogP contribution in [-0.2, 0) is 0 Å². The van der Waals surface area contributed by atoms with Gasteiger partial charge in [-0.2, -0.15) is 0 Å². The van der Waals surface area contributed by atoms with E-state index in [1.54, 1.807) is 11.3 Å². The first-order chi connectivity index (χ1) is 12.8. The first kappa shape index (κ1) is 16.8. The van der Waals surface area contributed by atoms with Crippen molar-refractivity contribution in [3.05, 3.63) is 129 Å². The largest absolute Gasteiger partial charge is 0.123 e. The summed E-state index contributed by atoms with van der Waals surface area (Å²) in [7, 11) is 0. The highest BCUT2D eigenvalue weighted by atomic mass is 35.5. The number of benzene rings is 3. The van der Waals surface area contributed by atoms with Gasteiger partial charge in [0.1, 0.15) is 0 Å². The summed E-state index contributed by atoms with van der Waals surface area (Å²) < 4.78 is 0.800. The Morgan fingerprint density at radius 3 is 1.31 bits per heavy atom. The minimum absolute atomic E-state index is 0.800. The molecule has 3 aromatic carbocycles. The van der Waals surface area contributed by atoms with Crippen molar-refractivity contribution in [3.8, 4) is 0 Å². The van der Waals surface area contributed by atoms with Crippen LogP contribution < -0.4 is 0 Å². The van der Waals surface area contributed by atoms with Gasteiger partial charge < -0.3 is 0 Å². The van der Waals surface area contributed by atoms with E-state index in [-0.39, 0.29) is 0 Å². The van der Waals surface area contributed by atoms with Crippen molar-refractivity contribution in [1.82, 2.24) is 0 Å². The van der Waals surface area contributed by atoms with E-state index in [9.17, 15) is 0 Å². The van der Waals surface area contributed by atoms with Crippen LogP contribution in [0.1, 0.15) is 21.6 Å². The molecule has 0 unspecified atom stereocenters. The van der Waals surface area contributed by atoms with Crippen LogP contribution >= 0.6 is 22.9 Å². The maximum absolute atomic E-state index is 6.28. The summed E-state index contributed by atoms with van der Waals surface area (Å²) >= 11 is 7.90. The second-order valence-electron chi connectivity index (χ2n) is 5.95. The average Bonchev–Trinajstić information content (AvgIpc) is 3.14. The molecule has 0 aliphatic carbocycles. The predicted octanol–water partition coefficient (Wildman–Crippen LogP) is 7.41. The molecule has 0 atom stereocenters. The maximum Gasteiger partial charge on any atom is 0.0934 e. The Morgan fingerprint density at radius 2 is 0.923 bits per heavy atom. The lowest BCUT2D eigenvalue weighted by Crippen LogP contribution is -1.95. The van der Waals surface area contributed by atoms with E-state index < -0.39 is 0 Å². The molecular formula is C24H17ClS. The molecule has 0 amide bonds.